The average molecular weight is 533 g/mol. The first-order valence-electron chi connectivity index (χ1n) is 13.6. The Morgan fingerprint density at radius 1 is 1.10 bits per heavy atom. The molecule has 0 spiro atoms. The van der Waals surface area contributed by atoms with E-state index in [1.165, 1.54) is 17.1 Å². The summed E-state index contributed by atoms with van der Waals surface area (Å²) >= 11 is 0. The molecule has 2 aromatic heterocycles. The zero-order chi connectivity index (χ0) is 27.9. The van der Waals surface area contributed by atoms with Crippen molar-refractivity contribution in [3.63, 3.8) is 0 Å². The summed E-state index contributed by atoms with van der Waals surface area (Å²) in [6.07, 6.45) is 5.63. The number of fused-ring (bicyclic) bond motifs is 3. The number of para-hydroxylation sites is 1. The molecular formula is C29H36N6O4. The molecule has 0 bridgehead atoms. The van der Waals surface area contributed by atoms with Crippen LogP contribution < -0.4 is 5.73 Å². The summed E-state index contributed by atoms with van der Waals surface area (Å²) in [5, 5.41) is 11.6. The van der Waals surface area contributed by atoms with Crippen LogP contribution in [-0.2, 0) is 27.5 Å². The Hall–Kier alpha value is -3.79. The SMILES string of the molecule is CCN(Cc1nc2c(N)nc3ccccc3c2n1CC(C)(C)O)C(=O)C1CCC(CN2C(=O)C=CC2=O)CC1. The van der Waals surface area contributed by atoms with E-state index in [1.807, 2.05) is 40.7 Å². The molecule has 1 aliphatic heterocycles. The smallest absolute Gasteiger partial charge is 0.253 e. The Morgan fingerprint density at radius 2 is 1.77 bits per heavy atom. The van der Waals surface area contributed by atoms with E-state index >= 15 is 0 Å². The molecule has 10 heteroatoms. The maximum absolute atomic E-state index is 13.7. The Kier molecular flexibility index (Phi) is 7.15. The maximum Gasteiger partial charge on any atom is 0.253 e. The summed E-state index contributed by atoms with van der Waals surface area (Å²) < 4.78 is 1.97. The van der Waals surface area contributed by atoms with Gasteiger partial charge in [-0.05, 0) is 58.4 Å². The normalized spacial score (nSPS) is 19.9. The molecule has 0 saturated heterocycles. The molecular weight excluding hydrogens is 496 g/mol. The van der Waals surface area contributed by atoms with Gasteiger partial charge < -0.3 is 20.3 Å². The first-order chi connectivity index (χ1) is 18.6. The van der Waals surface area contributed by atoms with E-state index in [1.54, 1.807) is 13.8 Å². The number of anilines is 1. The molecule has 0 atom stereocenters. The zero-order valence-corrected chi connectivity index (χ0v) is 22.8. The number of nitrogens with two attached hydrogens (primary N) is 1. The molecule has 1 aliphatic carbocycles. The van der Waals surface area contributed by atoms with Crippen molar-refractivity contribution < 1.29 is 19.5 Å². The van der Waals surface area contributed by atoms with Crippen molar-refractivity contribution in [2.24, 2.45) is 11.8 Å². The number of aromatic nitrogens is 3. The van der Waals surface area contributed by atoms with E-state index in [0.29, 0.717) is 43.1 Å². The summed E-state index contributed by atoms with van der Waals surface area (Å²) in [5.74, 6) is 0.613. The van der Waals surface area contributed by atoms with Gasteiger partial charge in [-0.2, -0.15) is 0 Å². The minimum atomic E-state index is -1.02. The molecule has 39 heavy (non-hydrogen) atoms. The third kappa shape index (κ3) is 5.38. The van der Waals surface area contributed by atoms with Crippen LogP contribution in [0.1, 0.15) is 52.3 Å². The highest BCUT2D eigenvalue weighted by Gasteiger charge is 2.33. The summed E-state index contributed by atoms with van der Waals surface area (Å²) in [5.41, 5.74) is 7.42. The largest absolute Gasteiger partial charge is 0.389 e. The minimum Gasteiger partial charge on any atom is -0.389 e. The van der Waals surface area contributed by atoms with E-state index < -0.39 is 5.60 Å². The number of imidazole rings is 1. The van der Waals surface area contributed by atoms with Crippen LogP contribution >= 0.6 is 0 Å². The van der Waals surface area contributed by atoms with Gasteiger partial charge in [-0.1, -0.05) is 18.2 Å². The molecule has 3 aromatic rings. The van der Waals surface area contributed by atoms with E-state index in [4.69, 9.17) is 10.7 Å². The highest BCUT2D eigenvalue weighted by molar-refractivity contribution is 6.12. The molecule has 3 heterocycles. The van der Waals surface area contributed by atoms with Crippen molar-refractivity contribution in [3.8, 4) is 0 Å². The molecule has 2 aliphatic rings. The molecule has 5 rings (SSSR count). The molecule has 0 radical (unpaired) electrons. The van der Waals surface area contributed by atoms with Gasteiger partial charge in [-0.25, -0.2) is 9.97 Å². The summed E-state index contributed by atoms with van der Waals surface area (Å²) in [6.45, 7) is 6.94. The van der Waals surface area contributed by atoms with Crippen molar-refractivity contribution in [3.05, 3.63) is 42.2 Å². The maximum atomic E-state index is 13.7. The van der Waals surface area contributed by atoms with E-state index in [-0.39, 0.29) is 42.6 Å². The van der Waals surface area contributed by atoms with Gasteiger partial charge in [-0.3, -0.25) is 19.3 Å². The number of aliphatic hydroxyl groups is 1. The van der Waals surface area contributed by atoms with Gasteiger partial charge in [0.25, 0.3) is 11.8 Å². The third-order valence-corrected chi connectivity index (χ3v) is 7.80. The summed E-state index contributed by atoms with van der Waals surface area (Å²) in [7, 11) is 0. The van der Waals surface area contributed by atoms with E-state index in [2.05, 4.69) is 4.98 Å². The summed E-state index contributed by atoms with van der Waals surface area (Å²) in [4.78, 5) is 50.0. The van der Waals surface area contributed by atoms with Crippen LogP contribution in [0.5, 0.6) is 0 Å². The van der Waals surface area contributed by atoms with Crippen LogP contribution in [0.2, 0.25) is 0 Å². The highest BCUT2D eigenvalue weighted by Crippen LogP contribution is 2.33. The second-order valence-corrected chi connectivity index (χ2v) is 11.3. The fraction of sp³-hybridized carbons (Fsp3) is 0.483. The second kappa shape index (κ2) is 10.4. The van der Waals surface area contributed by atoms with Gasteiger partial charge in [0.1, 0.15) is 11.3 Å². The van der Waals surface area contributed by atoms with Crippen LogP contribution in [0, 0.1) is 11.8 Å². The molecule has 10 nitrogen and oxygen atoms in total. The van der Waals surface area contributed by atoms with Gasteiger partial charge >= 0.3 is 0 Å². The monoisotopic (exact) mass is 532 g/mol. The van der Waals surface area contributed by atoms with Crippen molar-refractivity contribution in [2.75, 3.05) is 18.8 Å². The molecule has 1 saturated carbocycles. The lowest BCUT2D eigenvalue weighted by Crippen LogP contribution is -2.40. The predicted octanol–water partition coefficient (Wildman–Crippen LogP) is 3.02. The topological polar surface area (TPSA) is 135 Å². The number of hydrogen-bond acceptors (Lipinski definition) is 7. The van der Waals surface area contributed by atoms with Gasteiger partial charge in [0.2, 0.25) is 5.91 Å². The number of pyridine rings is 1. The van der Waals surface area contributed by atoms with Crippen molar-refractivity contribution >= 4 is 45.5 Å². The Morgan fingerprint density at radius 3 is 2.41 bits per heavy atom. The molecule has 0 unspecified atom stereocenters. The Labute approximate surface area is 227 Å². The third-order valence-electron chi connectivity index (χ3n) is 7.80. The van der Waals surface area contributed by atoms with Crippen LogP contribution in [0.15, 0.2) is 36.4 Å². The van der Waals surface area contributed by atoms with Gasteiger partial charge in [0.15, 0.2) is 5.82 Å². The molecule has 3 N–H and O–H groups in total. The number of nitrogen functional groups attached to an aromatic ring is 1. The number of benzene rings is 1. The molecule has 3 amide bonds. The lowest BCUT2D eigenvalue weighted by atomic mass is 9.81. The lowest BCUT2D eigenvalue weighted by molar-refractivity contribution is -0.140. The number of carbonyl (C=O) groups is 3. The second-order valence-electron chi connectivity index (χ2n) is 11.3. The lowest BCUT2D eigenvalue weighted by Gasteiger charge is -2.33. The van der Waals surface area contributed by atoms with Gasteiger partial charge in [-0.15, -0.1) is 0 Å². The van der Waals surface area contributed by atoms with Gasteiger partial charge in [0.05, 0.1) is 29.7 Å². The van der Waals surface area contributed by atoms with Crippen LogP contribution in [0.4, 0.5) is 5.82 Å². The van der Waals surface area contributed by atoms with Crippen molar-refractivity contribution in [2.45, 2.75) is 65.1 Å². The van der Waals surface area contributed by atoms with E-state index in [0.717, 1.165) is 29.3 Å². The first-order valence-corrected chi connectivity index (χ1v) is 13.6. The fourth-order valence-corrected chi connectivity index (χ4v) is 5.82. The van der Waals surface area contributed by atoms with Crippen LogP contribution in [-0.4, -0.2) is 65.9 Å². The van der Waals surface area contributed by atoms with Gasteiger partial charge in [0, 0.05) is 36.5 Å². The highest BCUT2D eigenvalue weighted by atomic mass is 16.3. The Bertz CT molecular complexity index is 1440. The predicted molar refractivity (Wildman–Crippen MR) is 148 cm³/mol. The number of rotatable bonds is 8. The van der Waals surface area contributed by atoms with Crippen LogP contribution in [0.25, 0.3) is 21.9 Å². The van der Waals surface area contributed by atoms with Crippen molar-refractivity contribution in [1.29, 1.82) is 0 Å². The fourth-order valence-electron chi connectivity index (χ4n) is 5.82. The molecule has 1 aromatic carbocycles. The molecule has 206 valence electrons. The number of carbonyl (C=O) groups excluding carboxylic acids is 3. The number of amides is 3. The minimum absolute atomic E-state index is 0.0729. The number of nitrogens with zero attached hydrogens (tertiary/aromatic N) is 5. The number of imide groups is 1. The molecule has 1 fully saturated rings. The average Bonchev–Trinajstić information content (AvgIpc) is 3.41. The Balaban J connectivity index is 1.36. The number of hydrogen-bond donors (Lipinski definition) is 2. The summed E-state index contributed by atoms with van der Waals surface area (Å²) in [6, 6.07) is 7.71. The zero-order valence-electron chi connectivity index (χ0n) is 22.8. The quantitative estimate of drug-likeness (QED) is 0.426. The standard InChI is InChI=1S/C29H36N6O4/c1-4-33(28(38)19-11-9-18(10-12-19)15-34-23(36)13-14-24(34)37)16-22-32-25-26(35(22)17-29(2,3)39)20-7-5-6-8-21(20)31-27(25)30/h5-8,13-14,18-19,39H,4,9-12,15-17H2,1-3H3,(H2,30,31). The van der Waals surface area contributed by atoms with Crippen LogP contribution in [0.3, 0.4) is 0 Å². The first kappa shape index (κ1) is 26.8. The van der Waals surface area contributed by atoms with Crippen molar-refractivity contribution in [1.82, 2.24) is 24.3 Å². The van der Waals surface area contributed by atoms with E-state index in [9.17, 15) is 19.5 Å².